The molecule has 0 fully saturated rings. The van der Waals surface area contributed by atoms with E-state index in [2.05, 4.69) is 15.5 Å². The van der Waals surface area contributed by atoms with Crippen molar-refractivity contribution in [2.45, 2.75) is 13.8 Å². The van der Waals surface area contributed by atoms with Crippen LogP contribution in [0.1, 0.15) is 13.8 Å². The second-order valence-corrected chi connectivity index (χ2v) is 5.20. The maximum Gasteiger partial charge on any atom is 0.313 e. The zero-order valence-electron chi connectivity index (χ0n) is 12.1. The Kier molecular flexibility index (Phi) is 7.50. The highest BCUT2D eigenvalue weighted by molar-refractivity contribution is 6.42. The van der Waals surface area contributed by atoms with Gasteiger partial charge in [0, 0.05) is 18.1 Å². The summed E-state index contributed by atoms with van der Waals surface area (Å²) in [5, 5.41) is 5.75. The van der Waals surface area contributed by atoms with Gasteiger partial charge in [-0.3, -0.25) is 9.59 Å². The van der Waals surface area contributed by atoms with Crippen molar-refractivity contribution >= 4 is 40.7 Å². The van der Waals surface area contributed by atoms with Crippen LogP contribution in [-0.4, -0.2) is 42.9 Å². The third-order valence-corrected chi connectivity index (χ3v) is 3.56. The van der Waals surface area contributed by atoms with Crippen molar-refractivity contribution in [1.82, 2.24) is 10.2 Å². The van der Waals surface area contributed by atoms with Gasteiger partial charge in [0.1, 0.15) is 0 Å². The number of anilines is 1. The number of nitrogens with zero attached hydrogens (tertiary/aromatic N) is 1. The van der Waals surface area contributed by atoms with Gasteiger partial charge in [0.05, 0.1) is 10.7 Å². The first-order valence-corrected chi connectivity index (χ1v) is 7.50. The lowest BCUT2D eigenvalue weighted by Crippen LogP contribution is -2.40. The number of halogens is 2. The van der Waals surface area contributed by atoms with Gasteiger partial charge in [-0.15, -0.1) is 0 Å². The molecule has 0 aliphatic heterocycles. The van der Waals surface area contributed by atoms with Gasteiger partial charge in [-0.05, 0) is 31.3 Å². The summed E-state index contributed by atoms with van der Waals surface area (Å²) in [6.07, 6.45) is 0. The summed E-state index contributed by atoms with van der Waals surface area (Å²) in [5.41, 5.74) is 0.313. The molecule has 1 rings (SSSR count). The molecule has 21 heavy (non-hydrogen) atoms. The summed E-state index contributed by atoms with van der Waals surface area (Å²) in [7, 11) is 0. The van der Waals surface area contributed by atoms with E-state index in [-0.39, 0.29) is 0 Å². The van der Waals surface area contributed by atoms with Gasteiger partial charge in [0.25, 0.3) is 0 Å². The molecule has 0 atom stereocenters. The first kappa shape index (κ1) is 17.8. The van der Waals surface area contributed by atoms with E-state index in [0.29, 0.717) is 28.8 Å². The number of rotatable bonds is 6. The van der Waals surface area contributed by atoms with Gasteiger partial charge in [-0.1, -0.05) is 37.0 Å². The summed E-state index contributed by atoms with van der Waals surface area (Å²) in [6.45, 7) is 6.99. The van der Waals surface area contributed by atoms with Gasteiger partial charge in [-0.2, -0.15) is 0 Å². The molecule has 0 aliphatic rings. The lowest BCUT2D eigenvalue weighted by atomic mass is 10.3. The SMILES string of the molecule is CCN(CC)CCNC(=O)C(=O)Nc1cc(Cl)ccc1Cl. The maximum absolute atomic E-state index is 11.8. The number of amides is 2. The van der Waals surface area contributed by atoms with Crippen molar-refractivity contribution in [3.05, 3.63) is 28.2 Å². The molecule has 0 aromatic heterocycles. The Morgan fingerprint density at radius 1 is 1.14 bits per heavy atom. The van der Waals surface area contributed by atoms with Crippen LogP contribution < -0.4 is 10.6 Å². The van der Waals surface area contributed by atoms with Crippen LogP contribution in [0.25, 0.3) is 0 Å². The van der Waals surface area contributed by atoms with Gasteiger partial charge < -0.3 is 15.5 Å². The molecular weight excluding hydrogens is 313 g/mol. The summed E-state index contributed by atoms with van der Waals surface area (Å²) in [6, 6.07) is 4.65. The van der Waals surface area contributed by atoms with E-state index in [9.17, 15) is 9.59 Å². The van der Waals surface area contributed by atoms with Crippen molar-refractivity contribution in [1.29, 1.82) is 0 Å². The molecular formula is C14H19Cl2N3O2. The smallest absolute Gasteiger partial charge is 0.313 e. The molecule has 1 aromatic carbocycles. The van der Waals surface area contributed by atoms with Gasteiger partial charge >= 0.3 is 11.8 Å². The third kappa shape index (κ3) is 5.91. The highest BCUT2D eigenvalue weighted by Gasteiger charge is 2.15. The van der Waals surface area contributed by atoms with E-state index in [4.69, 9.17) is 23.2 Å². The number of likely N-dealkylation sites (N-methyl/N-ethyl adjacent to an activating group) is 1. The van der Waals surface area contributed by atoms with Crippen LogP contribution in [0.3, 0.4) is 0 Å². The molecule has 0 unspecified atom stereocenters. The zero-order chi connectivity index (χ0) is 15.8. The minimum absolute atomic E-state index is 0.313. The molecule has 5 nitrogen and oxygen atoms in total. The summed E-state index contributed by atoms with van der Waals surface area (Å²) < 4.78 is 0. The minimum Gasteiger partial charge on any atom is -0.347 e. The van der Waals surface area contributed by atoms with E-state index < -0.39 is 11.8 Å². The molecule has 0 aliphatic carbocycles. The Bertz CT molecular complexity index is 505. The van der Waals surface area contributed by atoms with Gasteiger partial charge in [0.2, 0.25) is 0 Å². The van der Waals surface area contributed by atoms with Crippen LogP contribution in [0.15, 0.2) is 18.2 Å². The van der Waals surface area contributed by atoms with Crippen molar-refractivity contribution in [3.8, 4) is 0 Å². The number of carbonyl (C=O) groups excluding carboxylic acids is 2. The fourth-order valence-corrected chi connectivity index (χ4v) is 2.06. The molecule has 1 aromatic rings. The predicted octanol–water partition coefficient (Wildman–Crippen LogP) is 2.39. The zero-order valence-corrected chi connectivity index (χ0v) is 13.6. The molecule has 116 valence electrons. The maximum atomic E-state index is 11.8. The number of carbonyl (C=O) groups is 2. The highest BCUT2D eigenvalue weighted by atomic mass is 35.5. The Hall–Kier alpha value is -1.30. The Morgan fingerprint density at radius 2 is 1.81 bits per heavy atom. The normalized spacial score (nSPS) is 10.5. The Labute approximate surface area is 134 Å². The first-order chi connectivity index (χ1) is 9.97. The van der Waals surface area contributed by atoms with E-state index in [1.165, 1.54) is 6.07 Å². The lowest BCUT2D eigenvalue weighted by molar-refractivity contribution is -0.136. The number of benzene rings is 1. The number of hydrogen-bond acceptors (Lipinski definition) is 3. The average molecular weight is 332 g/mol. The first-order valence-electron chi connectivity index (χ1n) is 6.74. The molecule has 0 radical (unpaired) electrons. The van der Waals surface area contributed by atoms with Crippen molar-refractivity contribution < 1.29 is 9.59 Å². The molecule has 0 saturated heterocycles. The summed E-state index contributed by atoms with van der Waals surface area (Å²) >= 11 is 11.7. The third-order valence-electron chi connectivity index (χ3n) is 2.99. The minimum atomic E-state index is -0.765. The predicted molar refractivity (Wildman–Crippen MR) is 85.9 cm³/mol. The van der Waals surface area contributed by atoms with Crippen LogP contribution in [-0.2, 0) is 9.59 Å². The molecule has 2 amide bonds. The number of nitrogens with one attached hydrogen (secondary N) is 2. The van der Waals surface area contributed by atoms with Crippen molar-refractivity contribution in [2.24, 2.45) is 0 Å². The Balaban J connectivity index is 2.48. The largest absolute Gasteiger partial charge is 0.347 e. The standard InChI is InChI=1S/C14H19Cl2N3O2/c1-3-19(4-2)8-7-17-13(20)14(21)18-12-9-10(15)5-6-11(12)16/h5-6,9H,3-4,7-8H2,1-2H3,(H,17,20)(H,18,21). The van der Waals surface area contributed by atoms with E-state index in [0.717, 1.165) is 13.1 Å². The molecule has 2 N–H and O–H groups in total. The molecule has 7 heteroatoms. The van der Waals surface area contributed by atoms with Crippen molar-refractivity contribution in [3.63, 3.8) is 0 Å². The molecule has 0 heterocycles. The number of hydrogen-bond donors (Lipinski definition) is 2. The molecule has 0 spiro atoms. The quantitative estimate of drug-likeness (QED) is 0.787. The fourth-order valence-electron chi connectivity index (χ4n) is 1.72. The fraction of sp³-hybridized carbons (Fsp3) is 0.429. The van der Waals surface area contributed by atoms with Crippen LogP contribution in [0.4, 0.5) is 5.69 Å². The van der Waals surface area contributed by atoms with Crippen molar-refractivity contribution in [2.75, 3.05) is 31.5 Å². The van der Waals surface area contributed by atoms with Gasteiger partial charge in [0.15, 0.2) is 0 Å². The summed E-state index contributed by atoms with van der Waals surface area (Å²) in [4.78, 5) is 25.6. The molecule has 0 saturated carbocycles. The van der Waals surface area contributed by atoms with E-state index in [1.54, 1.807) is 12.1 Å². The van der Waals surface area contributed by atoms with Crippen LogP contribution in [0.5, 0.6) is 0 Å². The summed E-state index contributed by atoms with van der Waals surface area (Å²) in [5.74, 6) is -1.46. The van der Waals surface area contributed by atoms with Crippen LogP contribution in [0, 0.1) is 0 Å². The second-order valence-electron chi connectivity index (χ2n) is 4.36. The molecule has 0 bridgehead atoms. The second kappa shape index (κ2) is 8.87. The van der Waals surface area contributed by atoms with E-state index in [1.807, 2.05) is 13.8 Å². The van der Waals surface area contributed by atoms with Crippen LogP contribution in [0.2, 0.25) is 10.0 Å². The average Bonchev–Trinajstić information content (AvgIpc) is 2.47. The van der Waals surface area contributed by atoms with Crippen LogP contribution >= 0.6 is 23.2 Å². The van der Waals surface area contributed by atoms with Gasteiger partial charge in [-0.25, -0.2) is 0 Å². The van der Waals surface area contributed by atoms with E-state index >= 15 is 0 Å². The highest BCUT2D eigenvalue weighted by Crippen LogP contribution is 2.25. The Morgan fingerprint density at radius 3 is 2.43 bits per heavy atom. The topological polar surface area (TPSA) is 61.4 Å². The lowest BCUT2D eigenvalue weighted by Gasteiger charge is -2.17. The monoisotopic (exact) mass is 331 g/mol.